The molecule has 1 fully saturated rings. The van der Waals surface area contributed by atoms with E-state index in [9.17, 15) is 0 Å². The van der Waals surface area contributed by atoms with Gasteiger partial charge in [0.1, 0.15) is 11.6 Å². The predicted molar refractivity (Wildman–Crippen MR) is 68.2 cm³/mol. The Bertz CT molecular complexity index is 378. The molecule has 6 heteroatoms. The average molecular weight is 237 g/mol. The standard InChI is InChI=1S/C11H19N5O/c1-13-9-7-10(15-11(12)14-9)16(2)8-3-5-17-6-4-8/h7-8H,3-6H2,1-2H3,(H3,12,13,14,15). The number of aromatic nitrogens is 2. The fourth-order valence-electron chi connectivity index (χ4n) is 2.02. The fraction of sp³-hybridized carbons (Fsp3) is 0.636. The molecule has 0 spiro atoms. The second-order valence-electron chi connectivity index (χ2n) is 4.17. The van der Waals surface area contributed by atoms with Gasteiger partial charge in [0, 0.05) is 39.4 Å². The Morgan fingerprint density at radius 1 is 1.41 bits per heavy atom. The first-order valence-corrected chi connectivity index (χ1v) is 5.83. The second-order valence-corrected chi connectivity index (χ2v) is 4.17. The van der Waals surface area contributed by atoms with Gasteiger partial charge in [-0.25, -0.2) is 0 Å². The first-order chi connectivity index (χ1) is 8.20. The Hall–Kier alpha value is -1.56. The molecule has 6 nitrogen and oxygen atoms in total. The third-order valence-corrected chi connectivity index (χ3v) is 3.09. The minimum absolute atomic E-state index is 0.297. The number of ether oxygens (including phenoxy) is 1. The normalized spacial score (nSPS) is 16.8. The first-order valence-electron chi connectivity index (χ1n) is 5.83. The highest BCUT2D eigenvalue weighted by Gasteiger charge is 2.20. The van der Waals surface area contributed by atoms with E-state index in [1.807, 2.05) is 20.2 Å². The van der Waals surface area contributed by atoms with Crippen molar-refractivity contribution >= 4 is 17.6 Å². The second kappa shape index (κ2) is 5.18. The van der Waals surface area contributed by atoms with E-state index in [-0.39, 0.29) is 0 Å². The quantitative estimate of drug-likeness (QED) is 0.806. The van der Waals surface area contributed by atoms with Crippen LogP contribution in [-0.4, -0.2) is 43.3 Å². The molecule has 1 saturated heterocycles. The van der Waals surface area contributed by atoms with Gasteiger partial charge in [0.05, 0.1) is 0 Å². The van der Waals surface area contributed by atoms with Gasteiger partial charge < -0.3 is 20.7 Å². The lowest BCUT2D eigenvalue weighted by molar-refractivity contribution is 0.0853. The largest absolute Gasteiger partial charge is 0.381 e. The van der Waals surface area contributed by atoms with E-state index in [2.05, 4.69) is 20.2 Å². The Morgan fingerprint density at radius 3 is 2.76 bits per heavy atom. The number of nitrogens with one attached hydrogen (secondary N) is 1. The van der Waals surface area contributed by atoms with Crippen LogP contribution in [0.4, 0.5) is 17.6 Å². The Kier molecular flexibility index (Phi) is 3.63. The van der Waals surface area contributed by atoms with Crippen molar-refractivity contribution in [2.75, 3.05) is 43.3 Å². The zero-order valence-corrected chi connectivity index (χ0v) is 10.3. The summed E-state index contributed by atoms with van der Waals surface area (Å²) < 4.78 is 5.36. The molecule has 1 aliphatic heterocycles. The summed E-state index contributed by atoms with van der Waals surface area (Å²) in [5.74, 6) is 1.89. The minimum Gasteiger partial charge on any atom is -0.381 e. The van der Waals surface area contributed by atoms with Gasteiger partial charge in [-0.05, 0) is 12.8 Å². The van der Waals surface area contributed by atoms with Crippen LogP contribution in [0.3, 0.4) is 0 Å². The van der Waals surface area contributed by atoms with Crippen molar-refractivity contribution in [2.24, 2.45) is 0 Å². The molecule has 0 saturated carbocycles. The molecule has 94 valence electrons. The predicted octanol–water partition coefficient (Wildman–Crippen LogP) is 0.716. The molecular weight excluding hydrogens is 218 g/mol. The number of nitrogens with two attached hydrogens (primary N) is 1. The van der Waals surface area contributed by atoms with Gasteiger partial charge in [-0.3, -0.25) is 0 Å². The summed E-state index contributed by atoms with van der Waals surface area (Å²) in [5, 5.41) is 2.98. The van der Waals surface area contributed by atoms with Crippen molar-refractivity contribution < 1.29 is 4.74 Å². The van der Waals surface area contributed by atoms with Gasteiger partial charge in [-0.15, -0.1) is 0 Å². The molecule has 17 heavy (non-hydrogen) atoms. The molecule has 0 bridgehead atoms. The van der Waals surface area contributed by atoms with Crippen molar-refractivity contribution in [2.45, 2.75) is 18.9 Å². The van der Waals surface area contributed by atoms with Crippen LogP contribution in [0.2, 0.25) is 0 Å². The van der Waals surface area contributed by atoms with E-state index in [4.69, 9.17) is 10.5 Å². The summed E-state index contributed by atoms with van der Waals surface area (Å²) in [6.45, 7) is 1.63. The Morgan fingerprint density at radius 2 is 2.12 bits per heavy atom. The molecule has 0 atom stereocenters. The lowest BCUT2D eigenvalue weighted by atomic mass is 10.1. The molecule has 3 N–H and O–H groups in total. The topological polar surface area (TPSA) is 76.3 Å². The van der Waals surface area contributed by atoms with Gasteiger partial charge in [0.25, 0.3) is 0 Å². The maximum Gasteiger partial charge on any atom is 0.223 e. The minimum atomic E-state index is 0.297. The molecule has 0 aliphatic carbocycles. The van der Waals surface area contributed by atoms with Crippen molar-refractivity contribution in [1.82, 2.24) is 9.97 Å². The lowest BCUT2D eigenvalue weighted by Gasteiger charge is -2.32. The Labute approximate surface area is 101 Å². The number of rotatable bonds is 3. The van der Waals surface area contributed by atoms with E-state index in [0.717, 1.165) is 37.7 Å². The summed E-state index contributed by atoms with van der Waals surface area (Å²) in [5.41, 5.74) is 5.69. The monoisotopic (exact) mass is 237 g/mol. The lowest BCUT2D eigenvalue weighted by Crippen LogP contribution is -2.37. The highest BCUT2D eigenvalue weighted by molar-refractivity contribution is 5.52. The van der Waals surface area contributed by atoms with E-state index >= 15 is 0 Å². The maximum atomic E-state index is 5.69. The molecule has 1 aliphatic rings. The van der Waals surface area contributed by atoms with Gasteiger partial charge in [0.15, 0.2) is 0 Å². The summed E-state index contributed by atoms with van der Waals surface area (Å²) >= 11 is 0. The van der Waals surface area contributed by atoms with Crippen LogP contribution in [0.1, 0.15) is 12.8 Å². The van der Waals surface area contributed by atoms with Crippen LogP contribution in [-0.2, 0) is 4.74 Å². The van der Waals surface area contributed by atoms with Crippen molar-refractivity contribution in [3.05, 3.63) is 6.07 Å². The van der Waals surface area contributed by atoms with Gasteiger partial charge in [-0.2, -0.15) is 9.97 Å². The van der Waals surface area contributed by atoms with Crippen molar-refractivity contribution in [3.63, 3.8) is 0 Å². The zero-order chi connectivity index (χ0) is 12.3. The van der Waals surface area contributed by atoms with Gasteiger partial charge in [0.2, 0.25) is 5.95 Å². The average Bonchev–Trinajstić information content (AvgIpc) is 2.38. The number of hydrogen-bond acceptors (Lipinski definition) is 6. The van der Waals surface area contributed by atoms with Gasteiger partial charge in [-0.1, -0.05) is 0 Å². The third kappa shape index (κ3) is 2.76. The smallest absolute Gasteiger partial charge is 0.223 e. The number of nitrogen functional groups attached to an aromatic ring is 1. The molecular formula is C11H19N5O. The summed E-state index contributed by atoms with van der Waals surface area (Å²) in [6.07, 6.45) is 2.05. The highest BCUT2D eigenvalue weighted by atomic mass is 16.5. The SMILES string of the molecule is CNc1cc(N(C)C2CCOCC2)nc(N)n1. The van der Waals surface area contributed by atoms with E-state index < -0.39 is 0 Å². The van der Waals surface area contributed by atoms with E-state index in [0.29, 0.717) is 12.0 Å². The van der Waals surface area contributed by atoms with Crippen LogP contribution in [0.5, 0.6) is 0 Å². The molecule has 0 radical (unpaired) electrons. The van der Waals surface area contributed by atoms with Crippen LogP contribution in [0.25, 0.3) is 0 Å². The fourth-order valence-corrected chi connectivity index (χ4v) is 2.02. The summed E-state index contributed by atoms with van der Waals surface area (Å²) in [4.78, 5) is 10.5. The van der Waals surface area contributed by atoms with Crippen LogP contribution < -0.4 is 16.0 Å². The third-order valence-electron chi connectivity index (χ3n) is 3.09. The van der Waals surface area contributed by atoms with Crippen molar-refractivity contribution in [3.8, 4) is 0 Å². The van der Waals surface area contributed by atoms with Crippen LogP contribution in [0, 0.1) is 0 Å². The number of nitrogens with zero attached hydrogens (tertiary/aromatic N) is 3. The molecule has 1 aromatic rings. The first kappa shape index (κ1) is 11.9. The molecule has 0 aromatic carbocycles. The van der Waals surface area contributed by atoms with Gasteiger partial charge >= 0.3 is 0 Å². The molecule has 0 amide bonds. The van der Waals surface area contributed by atoms with E-state index in [1.54, 1.807) is 0 Å². The van der Waals surface area contributed by atoms with Crippen LogP contribution >= 0.6 is 0 Å². The molecule has 1 aromatic heterocycles. The highest BCUT2D eigenvalue weighted by Crippen LogP contribution is 2.21. The zero-order valence-electron chi connectivity index (χ0n) is 10.3. The molecule has 2 heterocycles. The molecule has 2 rings (SSSR count). The summed E-state index contributed by atoms with van der Waals surface area (Å²) in [7, 11) is 3.86. The maximum absolute atomic E-state index is 5.69. The number of anilines is 3. The van der Waals surface area contributed by atoms with Crippen molar-refractivity contribution in [1.29, 1.82) is 0 Å². The van der Waals surface area contributed by atoms with E-state index in [1.165, 1.54) is 0 Å². The Balaban J connectivity index is 2.17. The molecule has 0 unspecified atom stereocenters. The van der Waals surface area contributed by atoms with Crippen LogP contribution in [0.15, 0.2) is 6.07 Å². The number of hydrogen-bond donors (Lipinski definition) is 2. The summed E-state index contributed by atoms with van der Waals surface area (Å²) in [6, 6.07) is 2.37.